The summed E-state index contributed by atoms with van der Waals surface area (Å²) >= 11 is 0. The van der Waals surface area contributed by atoms with Gasteiger partial charge in [0.05, 0.1) is 6.16 Å². The van der Waals surface area contributed by atoms with E-state index in [2.05, 4.69) is 0 Å². The molecule has 7 heteroatoms. The van der Waals surface area contributed by atoms with Crippen LogP contribution in [0.5, 0.6) is 0 Å². The molecule has 0 aromatic heterocycles. The van der Waals surface area contributed by atoms with Crippen LogP contribution in [0.2, 0.25) is 0 Å². The predicted octanol–water partition coefficient (Wildman–Crippen LogP) is 3.25. The summed E-state index contributed by atoms with van der Waals surface area (Å²) < 4.78 is 22.1. The second-order valence-electron chi connectivity index (χ2n) is 6.15. The lowest BCUT2D eigenvalue weighted by Gasteiger charge is -2.19. The number of unbranched alkanes of at least 4 members (excludes halogenated alkanes) is 1. The minimum absolute atomic E-state index is 0.0957. The van der Waals surface area contributed by atoms with E-state index in [1.54, 1.807) is 6.08 Å². The standard InChI is InChI=1S/C16H29O6P/c1-21-13-22-9-5-6-10-23(19,20)12-15(16(17)18)11-14-7-3-2-4-8-14/h11,14H,2-10,12-13H2,1H3,(H,17,18)(H,19,20). The number of carboxylic acid groups (broad SMARTS) is 1. The fourth-order valence-electron chi connectivity index (χ4n) is 2.83. The largest absolute Gasteiger partial charge is 0.478 e. The van der Waals surface area contributed by atoms with E-state index >= 15 is 0 Å². The first kappa shape index (κ1) is 20.4. The number of hydrogen-bond donors (Lipinski definition) is 2. The molecule has 1 saturated carbocycles. The molecule has 1 unspecified atom stereocenters. The van der Waals surface area contributed by atoms with Gasteiger partial charge in [-0.05, 0) is 31.6 Å². The highest BCUT2D eigenvalue weighted by Gasteiger charge is 2.24. The molecule has 1 aliphatic carbocycles. The third kappa shape index (κ3) is 9.26. The quantitative estimate of drug-likeness (QED) is 0.258. The van der Waals surface area contributed by atoms with Gasteiger partial charge in [-0.2, -0.15) is 0 Å². The molecule has 0 aromatic rings. The summed E-state index contributed by atoms with van der Waals surface area (Å²) in [5, 5.41) is 9.30. The summed E-state index contributed by atoms with van der Waals surface area (Å²) in [4.78, 5) is 21.4. The number of methoxy groups -OCH3 is 1. The molecule has 0 aliphatic heterocycles. The SMILES string of the molecule is COCOCCCCP(=O)(O)CC(=CC1CCCCC1)C(=O)O. The minimum atomic E-state index is -3.46. The van der Waals surface area contributed by atoms with Crippen molar-refractivity contribution in [3.63, 3.8) is 0 Å². The van der Waals surface area contributed by atoms with Gasteiger partial charge in [0.1, 0.15) is 6.79 Å². The van der Waals surface area contributed by atoms with Crippen LogP contribution in [-0.4, -0.2) is 48.8 Å². The van der Waals surface area contributed by atoms with Gasteiger partial charge in [-0.3, -0.25) is 4.57 Å². The first-order chi connectivity index (χ1) is 10.9. The summed E-state index contributed by atoms with van der Waals surface area (Å²) in [5.41, 5.74) is 0.0957. The number of aliphatic carboxylic acids is 1. The maximum Gasteiger partial charge on any atom is 0.331 e. The van der Waals surface area contributed by atoms with E-state index in [-0.39, 0.29) is 30.6 Å². The normalized spacial score (nSPS) is 19.5. The molecule has 6 nitrogen and oxygen atoms in total. The Morgan fingerprint density at radius 3 is 2.57 bits per heavy atom. The zero-order valence-electron chi connectivity index (χ0n) is 13.9. The van der Waals surface area contributed by atoms with Gasteiger partial charge in [-0.15, -0.1) is 0 Å². The Hall–Kier alpha value is -0.680. The topological polar surface area (TPSA) is 93.1 Å². The zero-order valence-corrected chi connectivity index (χ0v) is 14.8. The van der Waals surface area contributed by atoms with E-state index in [1.807, 2.05) is 0 Å². The monoisotopic (exact) mass is 348 g/mol. The van der Waals surface area contributed by atoms with Crippen molar-refractivity contribution in [1.82, 2.24) is 0 Å². The molecule has 0 radical (unpaired) electrons. The van der Waals surface area contributed by atoms with Crippen molar-refractivity contribution in [2.45, 2.75) is 44.9 Å². The second-order valence-corrected chi connectivity index (χ2v) is 8.60. The maximum atomic E-state index is 12.2. The number of carbonyl (C=O) groups is 1. The van der Waals surface area contributed by atoms with Crippen molar-refractivity contribution in [2.75, 3.05) is 32.8 Å². The van der Waals surface area contributed by atoms with Crippen LogP contribution in [0.1, 0.15) is 44.9 Å². The lowest BCUT2D eigenvalue weighted by Crippen LogP contribution is -2.12. The molecule has 0 aromatic carbocycles. The van der Waals surface area contributed by atoms with E-state index < -0.39 is 13.3 Å². The molecule has 2 N–H and O–H groups in total. The summed E-state index contributed by atoms with van der Waals surface area (Å²) in [7, 11) is -1.93. The van der Waals surface area contributed by atoms with Crippen LogP contribution in [0, 0.1) is 5.92 Å². The molecule has 0 heterocycles. The molecule has 1 atom stereocenters. The Labute approximate surface area is 138 Å². The van der Waals surface area contributed by atoms with Gasteiger partial charge in [0.25, 0.3) is 0 Å². The lowest BCUT2D eigenvalue weighted by atomic mass is 9.88. The molecule has 1 fully saturated rings. The van der Waals surface area contributed by atoms with Gasteiger partial charge in [0, 0.05) is 25.5 Å². The van der Waals surface area contributed by atoms with Crippen LogP contribution in [0.3, 0.4) is 0 Å². The van der Waals surface area contributed by atoms with E-state index in [1.165, 1.54) is 13.5 Å². The molecule has 0 amide bonds. The Bertz CT molecular complexity index is 428. The van der Waals surface area contributed by atoms with Crippen LogP contribution >= 0.6 is 7.37 Å². The smallest absolute Gasteiger partial charge is 0.331 e. The lowest BCUT2D eigenvalue weighted by molar-refractivity contribution is -0.132. The fourth-order valence-corrected chi connectivity index (χ4v) is 4.48. The summed E-state index contributed by atoms with van der Waals surface area (Å²) in [6.07, 6.45) is 8.14. The van der Waals surface area contributed by atoms with Gasteiger partial charge in [0.2, 0.25) is 7.37 Å². The van der Waals surface area contributed by atoms with Crippen LogP contribution in [0.15, 0.2) is 11.6 Å². The average molecular weight is 348 g/mol. The molecule has 0 saturated heterocycles. The van der Waals surface area contributed by atoms with Crippen molar-refractivity contribution >= 4 is 13.3 Å². The highest BCUT2D eigenvalue weighted by Crippen LogP contribution is 2.43. The molecule has 0 bridgehead atoms. The molecular formula is C16H29O6P. The molecule has 1 rings (SSSR count). The molecular weight excluding hydrogens is 319 g/mol. The first-order valence-electron chi connectivity index (χ1n) is 8.26. The predicted molar refractivity (Wildman–Crippen MR) is 88.9 cm³/mol. The van der Waals surface area contributed by atoms with Crippen LogP contribution in [-0.2, 0) is 18.8 Å². The van der Waals surface area contributed by atoms with E-state index in [0.29, 0.717) is 19.4 Å². The Morgan fingerprint density at radius 2 is 1.96 bits per heavy atom. The first-order valence-corrected chi connectivity index (χ1v) is 10.3. The Morgan fingerprint density at radius 1 is 1.26 bits per heavy atom. The van der Waals surface area contributed by atoms with Crippen LogP contribution in [0.4, 0.5) is 0 Å². The average Bonchev–Trinajstić information content (AvgIpc) is 2.51. The summed E-state index contributed by atoms with van der Waals surface area (Å²) in [6, 6.07) is 0. The Balaban J connectivity index is 2.45. The van der Waals surface area contributed by atoms with Crippen molar-refractivity contribution in [3.05, 3.63) is 11.6 Å². The maximum absolute atomic E-state index is 12.2. The number of carboxylic acids is 1. The molecule has 134 valence electrons. The number of ether oxygens (including phenoxy) is 2. The highest BCUT2D eigenvalue weighted by atomic mass is 31.2. The van der Waals surface area contributed by atoms with E-state index in [0.717, 1.165) is 25.7 Å². The van der Waals surface area contributed by atoms with E-state index in [9.17, 15) is 19.4 Å². The number of hydrogen-bond acceptors (Lipinski definition) is 4. The number of allylic oxidation sites excluding steroid dienone is 1. The molecule has 1 aliphatic rings. The van der Waals surface area contributed by atoms with Gasteiger partial charge in [-0.1, -0.05) is 25.3 Å². The van der Waals surface area contributed by atoms with Crippen molar-refractivity contribution in [3.8, 4) is 0 Å². The summed E-state index contributed by atoms with van der Waals surface area (Å²) in [6.45, 7) is 0.682. The van der Waals surface area contributed by atoms with E-state index in [4.69, 9.17) is 9.47 Å². The van der Waals surface area contributed by atoms with Crippen LogP contribution in [0.25, 0.3) is 0 Å². The highest BCUT2D eigenvalue weighted by molar-refractivity contribution is 7.58. The third-order valence-electron chi connectivity index (χ3n) is 4.03. The van der Waals surface area contributed by atoms with Crippen LogP contribution < -0.4 is 0 Å². The number of rotatable bonds is 11. The summed E-state index contributed by atoms with van der Waals surface area (Å²) in [5.74, 6) is -0.842. The molecule has 23 heavy (non-hydrogen) atoms. The van der Waals surface area contributed by atoms with Crippen molar-refractivity contribution in [1.29, 1.82) is 0 Å². The fraction of sp³-hybridized carbons (Fsp3) is 0.812. The molecule has 0 spiro atoms. The van der Waals surface area contributed by atoms with Crippen molar-refractivity contribution in [2.24, 2.45) is 5.92 Å². The second kappa shape index (κ2) is 11.0. The van der Waals surface area contributed by atoms with Gasteiger partial charge >= 0.3 is 5.97 Å². The minimum Gasteiger partial charge on any atom is -0.478 e. The Kier molecular flexibility index (Phi) is 9.72. The third-order valence-corrected chi connectivity index (χ3v) is 5.88. The van der Waals surface area contributed by atoms with Gasteiger partial charge in [-0.25, -0.2) is 4.79 Å². The van der Waals surface area contributed by atoms with Crippen molar-refractivity contribution < 1.29 is 28.8 Å². The van der Waals surface area contributed by atoms with Gasteiger partial charge < -0.3 is 19.5 Å². The zero-order chi connectivity index (χ0) is 17.1. The van der Waals surface area contributed by atoms with Gasteiger partial charge in [0.15, 0.2) is 0 Å².